The zero-order chi connectivity index (χ0) is 25.1. The minimum absolute atomic E-state index is 0.0269. The number of aliphatic imine (C=N–C) groups is 2. The van der Waals surface area contributed by atoms with Crippen molar-refractivity contribution in [2.24, 2.45) is 9.98 Å². The predicted molar refractivity (Wildman–Crippen MR) is 140 cm³/mol. The van der Waals surface area contributed by atoms with Crippen LogP contribution in [-0.2, 0) is 21.9 Å². The number of fused-ring (bicyclic) bond motifs is 3. The number of rotatable bonds is 8. The molecule has 2 aliphatic heterocycles. The maximum Gasteiger partial charge on any atom is 0.269 e. The molecule has 36 heavy (non-hydrogen) atoms. The standard InChI is InChI=1S/C25H21N5O4S2/c31-22(26-14-18-4-3-13-35-18)12-11-21-24(32)29-23(27-21)19-5-1-2-6-20(19)28-25(29)36-15-16-7-9-17(10-8-16)30(33)34/h1-10,13,21H,11-12,14-15H2,(H,26,31)/t21-/m0/s1. The molecule has 0 radical (unpaired) electrons. The number of amides is 2. The van der Waals surface area contributed by atoms with Gasteiger partial charge in [0.15, 0.2) is 5.17 Å². The van der Waals surface area contributed by atoms with Gasteiger partial charge in [0.25, 0.3) is 11.6 Å². The lowest BCUT2D eigenvalue weighted by molar-refractivity contribution is -0.384. The molecule has 0 saturated carbocycles. The van der Waals surface area contributed by atoms with Gasteiger partial charge in [-0.05, 0) is 35.6 Å². The van der Waals surface area contributed by atoms with Gasteiger partial charge in [0.05, 0.1) is 17.2 Å². The van der Waals surface area contributed by atoms with Gasteiger partial charge in [-0.25, -0.2) is 9.89 Å². The number of benzene rings is 2. The first-order valence-corrected chi connectivity index (χ1v) is 13.1. The number of nitrogens with one attached hydrogen (secondary N) is 1. The van der Waals surface area contributed by atoms with E-state index in [0.29, 0.717) is 29.7 Å². The number of nitro benzene ring substituents is 1. The van der Waals surface area contributed by atoms with Crippen LogP contribution < -0.4 is 5.32 Å². The molecule has 9 nitrogen and oxygen atoms in total. The van der Waals surface area contributed by atoms with E-state index in [-0.39, 0.29) is 23.9 Å². The Morgan fingerprint density at radius 3 is 2.69 bits per heavy atom. The number of carbonyl (C=O) groups excluding carboxylic acids is 2. The molecule has 3 heterocycles. The summed E-state index contributed by atoms with van der Waals surface area (Å²) >= 11 is 2.95. The third-order valence-electron chi connectivity index (χ3n) is 5.75. The van der Waals surface area contributed by atoms with Gasteiger partial charge in [0.2, 0.25) is 5.91 Å². The highest BCUT2D eigenvalue weighted by Gasteiger charge is 2.41. The molecule has 0 bridgehead atoms. The maximum absolute atomic E-state index is 13.4. The highest BCUT2D eigenvalue weighted by Crippen LogP contribution is 2.35. The summed E-state index contributed by atoms with van der Waals surface area (Å²) in [5, 5.41) is 16.3. The van der Waals surface area contributed by atoms with E-state index in [1.165, 1.54) is 28.8 Å². The Hall–Kier alpha value is -3.83. The van der Waals surface area contributed by atoms with Crippen molar-refractivity contribution in [3.63, 3.8) is 0 Å². The lowest BCUT2D eigenvalue weighted by atomic mass is 10.1. The number of non-ortho nitro benzene ring substituents is 1. The Bertz CT molecular complexity index is 1370. The lowest BCUT2D eigenvalue weighted by Crippen LogP contribution is -2.41. The topological polar surface area (TPSA) is 117 Å². The number of amidine groups is 2. The summed E-state index contributed by atoms with van der Waals surface area (Å²) in [4.78, 5) is 48.2. The summed E-state index contributed by atoms with van der Waals surface area (Å²) in [6, 6.07) is 17.1. The number of thioether (sulfide) groups is 1. The van der Waals surface area contributed by atoms with Crippen molar-refractivity contribution >= 4 is 57.3 Å². The van der Waals surface area contributed by atoms with E-state index in [9.17, 15) is 19.7 Å². The summed E-state index contributed by atoms with van der Waals surface area (Å²) in [5.41, 5.74) is 2.39. The second kappa shape index (κ2) is 10.4. The molecule has 5 rings (SSSR count). The average Bonchev–Trinajstić information content (AvgIpc) is 3.53. The molecular weight excluding hydrogens is 498 g/mol. The molecule has 3 aromatic rings. The van der Waals surface area contributed by atoms with Crippen molar-refractivity contribution in [1.82, 2.24) is 10.2 Å². The number of carbonyl (C=O) groups is 2. The summed E-state index contributed by atoms with van der Waals surface area (Å²) < 4.78 is 0. The van der Waals surface area contributed by atoms with E-state index in [1.54, 1.807) is 23.5 Å². The SMILES string of the molecule is O=C(CC[C@@H]1N=C2c3ccccc3N=C(SCc3ccc([N+](=O)[O-])cc3)N2C1=O)NCc1cccs1. The van der Waals surface area contributed by atoms with Crippen LogP contribution in [0.5, 0.6) is 0 Å². The lowest BCUT2D eigenvalue weighted by Gasteiger charge is -2.25. The molecule has 182 valence electrons. The normalized spacial score (nSPS) is 16.2. The first-order chi connectivity index (χ1) is 17.5. The largest absolute Gasteiger partial charge is 0.351 e. The van der Waals surface area contributed by atoms with E-state index in [0.717, 1.165) is 21.7 Å². The maximum atomic E-state index is 13.4. The Kier molecular flexibility index (Phi) is 6.92. The number of para-hydroxylation sites is 1. The molecule has 2 aromatic carbocycles. The van der Waals surface area contributed by atoms with Gasteiger partial charge in [-0.1, -0.05) is 42.1 Å². The van der Waals surface area contributed by atoms with Gasteiger partial charge < -0.3 is 5.32 Å². The van der Waals surface area contributed by atoms with Crippen molar-refractivity contribution in [2.75, 3.05) is 0 Å². The number of thiophene rings is 1. The molecule has 0 fully saturated rings. The van der Waals surface area contributed by atoms with Gasteiger partial charge in [0.1, 0.15) is 11.9 Å². The average molecular weight is 520 g/mol. The fourth-order valence-electron chi connectivity index (χ4n) is 3.90. The van der Waals surface area contributed by atoms with Crippen LogP contribution in [0.15, 0.2) is 76.0 Å². The summed E-state index contributed by atoms with van der Waals surface area (Å²) in [5.74, 6) is 0.690. The number of nitrogens with zero attached hydrogens (tertiary/aromatic N) is 4. The Morgan fingerprint density at radius 1 is 1.14 bits per heavy atom. The summed E-state index contributed by atoms with van der Waals surface area (Å²) in [6.07, 6.45) is 0.494. The minimum Gasteiger partial charge on any atom is -0.351 e. The van der Waals surface area contributed by atoms with E-state index in [1.807, 2.05) is 41.8 Å². The van der Waals surface area contributed by atoms with Crippen LogP contribution in [0.1, 0.15) is 28.8 Å². The van der Waals surface area contributed by atoms with Crippen molar-refractivity contribution in [2.45, 2.75) is 31.2 Å². The first kappa shape index (κ1) is 23.9. The van der Waals surface area contributed by atoms with Gasteiger partial charge in [-0.3, -0.25) is 24.7 Å². The molecule has 0 spiro atoms. The van der Waals surface area contributed by atoms with Crippen LogP contribution in [0.4, 0.5) is 11.4 Å². The van der Waals surface area contributed by atoms with Gasteiger partial charge >= 0.3 is 0 Å². The van der Waals surface area contributed by atoms with Crippen molar-refractivity contribution in [3.05, 3.63) is 92.2 Å². The molecular formula is C25H21N5O4S2. The van der Waals surface area contributed by atoms with Crippen molar-refractivity contribution in [1.29, 1.82) is 0 Å². The van der Waals surface area contributed by atoms with Gasteiger partial charge in [-0.2, -0.15) is 0 Å². The van der Waals surface area contributed by atoms with E-state index in [2.05, 4.69) is 5.32 Å². The number of hydrogen-bond donors (Lipinski definition) is 1. The molecule has 2 aliphatic rings. The molecule has 1 aromatic heterocycles. The van der Waals surface area contributed by atoms with Gasteiger partial charge in [-0.15, -0.1) is 11.3 Å². The predicted octanol–water partition coefficient (Wildman–Crippen LogP) is 4.64. The fourth-order valence-corrected chi connectivity index (χ4v) is 5.50. The third-order valence-corrected chi connectivity index (χ3v) is 7.63. The van der Waals surface area contributed by atoms with Crippen LogP contribution in [0, 0.1) is 10.1 Å². The fraction of sp³-hybridized carbons (Fsp3) is 0.200. The highest BCUT2D eigenvalue weighted by molar-refractivity contribution is 8.13. The van der Waals surface area contributed by atoms with E-state index >= 15 is 0 Å². The van der Waals surface area contributed by atoms with E-state index in [4.69, 9.17) is 9.98 Å². The molecule has 0 aliphatic carbocycles. The Labute approximate surface area is 215 Å². The van der Waals surface area contributed by atoms with E-state index < -0.39 is 11.0 Å². The molecule has 2 amide bonds. The molecule has 0 saturated heterocycles. The zero-order valence-corrected chi connectivity index (χ0v) is 20.6. The number of nitro groups is 1. The second-order valence-electron chi connectivity index (χ2n) is 8.16. The Morgan fingerprint density at radius 2 is 1.94 bits per heavy atom. The van der Waals surface area contributed by atoms with Crippen molar-refractivity contribution in [3.8, 4) is 0 Å². The zero-order valence-electron chi connectivity index (χ0n) is 19.0. The summed E-state index contributed by atoms with van der Waals surface area (Å²) in [7, 11) is 0. The molecule has 0 unspecified atom stereocenters. The molecule has 11 heteroatoms. The highest BCUT2D eigenvalue weighted by atomic mass is 32.2. The van der Waals surface area contributed by atoms with Crippen LogP contribution >= 0.6 is 23.1 Å². The van der Waals surface area contributed by atoms with Crippen LogP contribution in [0.2, 0.25) is 0 Å². The number of hydrogen-bond acceptors (Lipinski definition) is 8. The van der Waals surface area contributed by atoms with Crippen LogP contribution in [-0.4, -0.2) is 38.7 Å². The monoisotopic (exact) mass is 519 g/mol. The van der Waals surface area contributed by atoms with Crippen LogP contribution in [0.3, 0.4) is 0 Å². The van der Waals surface area contributed by atoms with Crippen LogP contribution in [0.25, 0.3) is 0 Å². The third kappa shape index (κ3) is 5.07. The first-order valence-electron chi connectivity index (χ1n) is 11.2. The smallest absolute Gasteiger partial charge is 0.269 e. The minimum atomic E-state index is -0.663. The molecule has 1 atom stereocenters. The summed E-state index contributed by atoms with van der Waals surface area (Å²) in [6.45, 7) is 0.471. The molecule has 1 N–H and O–H groups in total. The van der Waals surface area contributed by atoms with Gasteiger partial charge in [0, 0.05) is 34.7 Å². The Balaban J connectivity index is 1.28. The van der Waals surface area contributed by atoms with Crippen molar-refractivity contribution < 1.29 is 14.5 Å². The quantitative estimate of drug-likeness (QED) is 0.344. The second-order valence-corrected chi connectivity index (χ2v) is 10.1.